The highest BCUT2D eigenvalue weighted by atomic mass is 32.2. The van der Waals surface area contributed by atoms with E-state index in [4.69, 9.17) is 5.11 Å². The summed E-state index contributed by atoms with van der Waals surface area (Å²) in [6, 6.07) is -1.70. The summed E-state index contributed by atoms with van der Waals surface area (Å²) in [4.78, 5) is 22.8. The summed E-state index contributed by atoms with van der Waals surface area (Å²) in [7, 11) is -3.11. The molecule has 0 aliphatic carbocycles. The van der Waals surface area contributed by atoms with Gasteiger partial charge in [-0.05, 0) is 18.3 Å². The zero-order chi connectivity index (χ0) is 15.6. The molecule has 1 aliphatic rings. The van der Waals surface area contributed by atoms with Gasteiger partial charge in [0.15, 0.2) is 9.84 Å². The molecule has 1 saturated heterocycles. The lowest BCUT2D eigenvalue weighted by Gasteiger charge is -2.27. The number of carboxylic acid groups (broad SMARTS) is 1. The standard InChI is InChI=1S/C12H22N2O5S/c1-12(2,3)9(10(15)16)14-11(17)13-7-8-5-4-6-20(8,18)19/h8-9H,4-7H2,1-3H3,(H,15,16)(H2,13,14,17)/t8?,9-/m1/s1. The molecule has 8 heteroatoms. The van der Waals surface area contributed by atoms with Crippen LogP contribution in [0, 0.1) is 5.41 Å². The Morgan fingerprint density at radius 2 is 1.95 bits per heavy atom. The first-order valence-corrected chi connectivity index (χ1v) is 8.24. The van der Waals surface area contributed by atoms with E-state index < -0.39 is 38.5 Å². The maximum absolute atomic E-state index is 11.7. The number of hydrogen-bond donors (Lipinski definition) is 3. The van der Waals surface area contributed by atoms with Gasteiger partial charge in [0.2, 0.25) is 0 Å². The van der Waals surface area contributed by atoms with Gasteiger partial charge < -0.3 is 15.7 Å². The fourth-order valence-corrected chi connectivity index (χ4v) is 3.89. The molecule has 1 aliphatic heterocycles. The summed E-state index contributed by atoms with van der Waals surface area (Å²) in [5.74, 6) is -0.970. The summed E-state index contributed by atoms with van der Waals surface area (Å²) in [5.41, 5.74) is -0.636. The van der Waals surface area contributed by atoms with Crippen molar-refractivity contribution < 1.29 is 23.1 Å². The average molecular weight is 306 g/mol. The van der Waals surface area contributed by atoms with E-state index in [1.807, 2.05) is 0 Å². The van der Waals surface area contributed by atoms with Gasteiger partial charge in [0, 0.05) is 6.54 Å². The Kier molecular flexibility index (Phi) is 5.01. The number of carboxylic acids is 1. The highest BCUT2D eigenvalue weighted by Gasteiger charge is 2.34. The van der Waals surface area contributed by atoms with Gasteiger partial charge in [0.25, 0.3) is 0 Å². The maximum atomic E-state index is 11.7. The molecule has 1 heterocycles. The van der Waals surface area contributed by atoms with Crippen LogP contribution in [0.2, 0.25) is 0 Å². The third-order valence-corrected chi connectivity index (χ3v) is 5.62. The Bertz CT molecular complexity index is 481. The average Bonchev–Trinajstić information content (AvgIpc) is 2.60. The van der Waals surface area contributed by atoms with E-state index in [9.17, 15) is 18.0 Å². The SMILES string of the molecule is CC(C)(C)[C@H](NC(=O)NCC1CCCS1(=O)=O)C(=O)O. The van der Waals surface area contributed by atoms with Gasteiger partial charge in [-0.15, -0.1) is 0 Å². The van der Waals surface area contributed by atoms with Crippen molar-refractivity contribution in [2.75, 3.05) is 12.3 Å². The van der Waals surface area contributed by atoms with Crippen molar-refractivity contribution in [3.05, 3.63) is 0 Å². The zero-order valence-corrected chi connectivity index (χ0v) is 12.8. The molecule has 3 N–H and O–H groups in total. The van der Waals surface area contributed by atoms with E-state index in [0.29, 0.717) is 12.8 Å². The number of hydrogen-bond acceptors (Lipinski definition) is 4. The highest BCUT2D eigenvalue weighted by molar-refractivity contribution is 7.92. The number of carbonyl (C=O) groups excluding carboxylic acids is 1. The minimum atomic E-state index is -3.11. The van der Waals surface area contributed by atoms with Gasteiger partial charge >= 0.3 is 12.0 Å². The van der Waals surface area contributed by atoms with Crippen LogP contribution in [0.15, 0.2) is 0 Å². The second-order valence-electron chi connectivity index (χ2n) is 6.12. The van der Waals surface area contributed by atoms with Crippen LogP contribution in [-0.4, -0.2) is 49.1 Å². The van der Waals surface area contributed by atoms with E-state index in [2.05, 4.69) is 10.6 Å². The lowest BCUT2D eigenvalue weighted by molar-refractivity contribution is -0.141. The summed E-state index contributed by atoms with van der Waals surface area (Å²) in [5, 5.41) is 13.3. The monoisotopic (exact) mass is 306 g/mol. The van der Waals surface area contributed by atoms with Crippen LogP contribution in [-0.2, 0) is 14.6 Å². The predicted octanol–water partition coefficient (Wildman–Crippen LogP) is 0.362. The Morgan fingerprint density at radius 3 is 2.35 bits per heavy atom. The van der Waals surface area contributed by atoms with Crippen LogP contribution < -0.4 is 10.6 Å². The third kappa shape index (κ3) is 4.36. The van der Waals surface area contributed by atoms with Crippen LogP contribution in [0.25, 0.3) is 0 Å². The lowest BCUT2D eigenvalue weighted by atomic mass is 9.87. The molecule has 116 valence electrons. The van der Waals surface area contributed by atoms with Crippen LogP contribution in [0.4, 0.5) is 4.79 Å². The van der Waals surface area contributed by atoms with E-state index in [-0.39, 0.29) is 12.3 Å². The van der Waals surface area contributed by atoms with Crippen molar-refractivity contribution in [1.29, 1.82) is 0 Å². The Labute approximate surface area is 119 Å². The summed E-state index contributed by atoms with van der Waals surface area (Å²) in [6.45, 7) is 5.12. The highest BCUT2D eigenvalue weighted by Crippen LogP contribution is 2.20. The molecule has 0 radical (unpaired) electrons. The number of amides is 2. The van der Waals surface area contributed by atoms with E-state index in [1.165, 1.54) is 0 Å². The van der Waals surface area contributed by atoms with E-state index in [1.54, 1.807) is 20.8 Å². The van der Waals surface area contributed by atoms with Crippen molar-refractivity contribution in [3.63, 3.8) is 0 Å². The number of rotatable bonds is 4. The summed E-state index contributed by atoms with van der Waals surface area (Å²) in [6.07, 6.45) is 1.14. The zero-order valence-electron chi connectivity index (χ0n) is 12.0. The number of aliphatic carboxylic acids is 1. The Morgan fingerprint density at radius 1 is 1.35 bits per heavy atom. The van der Waals surface area contributed by atoms with Crippen LogP contribution in [0.1, 0.15) is 33.6 Å². The second kappa shape index (κ2) is 5.99. The molecule has 0 aromatic rings. The molecule has 1 fully saturated rings. The maximum Gasteiger partial charge on any atom is 0.326 e. The van der Waals surface area contributed by atoms with E-state index in [0.717, 1.165) is 0 Å². The normalized spacial score (nSPS) is 23.1. The van der Waals surface area contributed by atoms with Crippen molar-refractivity contribution in [1.82, 2.24) is 10.6 Å². The molecule has 0 spiro atoms. The van der Waals surface area contributed by atoms with Crippen LogP contribution in [0.5, 0.6) is 0 Å². The molecule has 7 nitrogen and oxygen atoms in total. The fraction of sp³-hybridized carbons (Fsp3) is 0.833. The molecule has 0 aromatic carbocycles. The molecule has 0 bridgehead atoms. The van der Waals surface area contributed by atoms with Gasteiger partial charge in [-0.2, -0.15) is 0 Å². The smallest absolute Gasteiger partial charge is 0.326 e. The number of urea groups is 1. The number of carbonyl (C=O) groups is 2. The molecule has 0 saturated carbocycles. The molecular weight excluding hydrogens is 284 g/mol. The van der Waals surface area contributed by atoms with Gasteiger partial charge in [0.1, 0.15) is 6.04 Å². The molecule has 2 amide bonds. The topological polar surface area (TPSA) is 113 Å². The molecule has 2 atom stereocenters. The first-order valence-electron chi connectivity index (χ1n) is 6.53. The Hall–Kier alpha value is -1.31. The second-order valence-corrected chi connectivity index (χ2v) is 8.52. The fourth-order valence-electron chi connectivity index (χ4n) is 2.12. The van der Waals surface area contributed by atoms with Crippen LogP contribution in [0.3, 0.4) is 0 Å². The summed E-state index contributed by atoms with van der Waals surface area (Å²) < 4.78 is 23.2. The van der Waals surface area contributed by atoms with Crippen molar-refractivity contribution in [2.24, 2.45) is 5.41 Å². The van der Waals surface area contributed by atoms with Crippen molar-refractivity contribution >= 4 is 21.8 Å². The molecule has 1 unspecified atom stereocenters. The molecule has 20 heavy (non-hydrogen) atoms. The van der Waals surface area contributed by atoms with Crippen molar-refractivity contribution in [3.8, 4) is 0 Å². The van der Waals surface area contributed by atoms with Crippen molar-refractivity contribution in [2.45, 2.75) is 44.9 Å². The first-order chi connectivity index (χ1) is 9.04. The molecular formula is C12H22N2O5S. The van der Waals surface area contributed by atoms with Crippen LogP contribution >= 0.6 is 0 Å². The van der Waals surface area contributed by atoms with Gasteiger partial charge in [-0.1, -0.05) is 20.8 Å². The summed E-state index contributed by atoms with van der Waals surface area (Å²) >= 11 is 0. The predicted molar refractivity (Wildman–Crippen MR) is 74.2 cm³/mol. The quantitative estimate of drug-likeness (QED) is 0.694. The first kappa shape index (κ1) is 16.7. The van der Waals surface area contributed by atoms with Gasteiger partial charge in [-0.3, -0.25) is 0 Å². The van der Waals surface area contributed by atoms with E-state index >= 15 is 0 Å². The molecule has 1 rings (SSSR count). The number of nitrogens with one attached hydrogen (secondary N) is 2. The Balaban J connectivity index is 2.53. The minimum absolute atomic E-state index is 0.0185. The largest absolute Gasteiger partial charge is 0.480 e. The van der Waals surface area contributed by atoms with Gasteiger partial charge in [0.05, 0.1) is 11.0 Å². The number of sulfone groups is 1. The lowest BCUT2D eigenvalue weighted by Crippen LogP contribution is -2.53. The van der Waals surface area contributed by atoms with Gasteiger partial charge in [-0.25, -0.2) is 18.0 Å². The minimum Gasteiger partial charge on any atom is -0.480 e. The molecule has 0 aromatic heterocycles. The third-order valence-electron chi connectivity index (χ3n) is 3.34.